The fourth-order valence-corrected chi connectivity index (χ4v) is 2.65. The van der Waals surface area contributed by atoms with E-state index < -0.39 is 11.8 Å². The Bertz CT molecular complexity index is 890. The lowest BCUT2D eigenvalue weighted by Gasteiger charge is -2.09. The number of urea groups is 1. The standard InChI is InChI=1S/C19H19FN4O/c1-13-16(14(2)24(23-13)15-8-4-3-5-9-15)12-21-19(25)22-18-11-7-6-10-17(18)20/h3-11H,12H2,1-2H3,(H2,21,22,25). The number of halogens is 1. The van der Waals surface area contributed by atoms with Crippen molar-refractivity contribution in [3.05, 3.63) is 77.4 Å². The Hall–Kier alpha value is -3.15. The van der Waals surface area contributed by atoms with Crippen LogP contribution < -0.4 is 10.6 Å². The van der Waals surface area contributed by atoms with Crippen LogP contribution in [0.15, 0.2) is 54.6 Å². The predicted molar refractivity (Wildman–Crippen MR) is 95.3 cm³/mol. The van der Waals surface area contributed by atoms with Gasteiger partial charge < -0.3 is 10.6 Å². The number of nitrogens with one attached hydrogen (secondary N) is 2. The second-order valence-electron chi connectivity index (χ2n) is 5.68. The minimum atomic E-state index is -0.470. The summed E-state index contributed by atoms with van der Waals surface area (Å²) in [5.41, 5.74) is 3.84. The molecular formula is C19H19FN4O. The summed E-state index contributed by atoms with van der Waals surface area (Å²) < 4.78 is 15.4. The summed E-state index contributed by atoms with van der Waals surface area (Å²) in [6.45, 7) is 4.17. The van der Waals surface area contributed by atoms with Gasteiger partial charge in [-0.15, -0.1) is 0 Å². The van der Waals surface area contributed by atoms with E-state index in [9.17, 15) is 9.18 Å². The number of nitrogens with zero attached hydrogens (tertiary/aromatic N) is 2. The summed E-state index contributed by atoms with van der Waals surface area (Å²) >= 11 is 0. The number of anilines is 1. The molecule has 3 aromatic rings. The second kappa shape index (κ2) is 7.17. The highest BCUT2D eigenvalue weighted by Crippen LogP contribution is 2.18. The lowest BCUT2D eigenvalue weighted by Crippen LogP contribution is -2.29. The molecule has 2 N–H and O–H groups in total. The summed E-state index contributed by atoms with van der Waals surface area (Å²) in [5, 5.41) is 9.80. The van der Waals surface area contributed by atoms with E-state index in [4.69, 9.17) is 0 Å². The average Bonchev–Trinajstić information content (AvgIpc) is 2.90. The Labute approximate surface area is 145 Å². The maximum atomic E-state index is 13.6. The number of carbonyl (C=O) groups excluding carboxylic acids is 1. The SMILES string of the molecule is Cc1nn(-c2ccccc2)c(C)c1CNC(=O)Nc1ccccc1F. The van der Waals surface area contributed by atoms with E-state index in [1.54, 1.807) is 12.1 Å². The van der Waals surface area contributed by atoms with Crippen LogP contribution in [0.5, 0.6) is 0 Å². The zero-order valence-corrected chi connectivity index (χ0v) is 14.1. The van der Waals surface area contributed by atoms with Crippen LogP contribution in [0.1, 0.15) is 17.0 Å². The highest BCUT2D eigenvalue weighted by molar-refractivity contribution is 5.89. The quantitative estimate of drug-likeness (QED) is 0.757. The fraction of sp³-hybridized carbons (Fsp3) is 0.158. The first-order valence-corrected chi connectivity index (χ1v) is 7.96. The molecule has 0 bridgehead atoms. The first-order valence-electron chi connectivity index (χ1n) is 7.96. The number of rotatable bonds is 4. The number of para-hydroxylation sites is 2. The normalized spacial score (nSPS) is 10.5. The third-order valence-corrected chi connectivity index (χ3v) is 3.99. The third kappa shape index (κ3) is 3.68. The van der Waals surface area contributed by atoms with Crippen LogP contribution in [0, 0.1) is 19.7 Å². The molecule has 0 atom stereocenters. The van der Waals surface area contributed by atoms with Crippen molar-refractivity contribution >= 4 is 11.7 Å². The molecule has 1 aromatic heterocycles. The van der Waals surface area contributed by atoms with Gasteiger partial charge in [0.05, 0.1) is 17.1 Å². The van der Waals surface area contributed by atoms with Crippen LogP contribution in [0.2, 0.25) is 0 Å². The molecule has 3 rings (SSSR count). The van der Waals surface area contributed by atoms with Gasteiger partial charge in [0, 0.05) is 17.8 Å². The minimum Gasteiger partial charge on any atom is -0.334 e. The van der Waals surface area contributed by atoms with Crippen LogP contribution in [-0.4, -0.2) is 15.8 Å². The maximum absolute atomic E-state index is 13.6. The second-order valence-corrected chi connectivity index (χ2v) is 5.68. The Morgan fingerprint density at radius 1 is 1.08 bits per heavy atom. The van der Waals surface area contributed by atoms with Gasteiger partial charge in [0.25, 0.3) is 0 Å². The Morgan fingerprint density at radius 2 is 1.76 bits per heavy atom. The number of aryl methyl sites for hydroxylation is 1. The zero-order chi connectivity index (χ0) is 17.8. The smallest absolute Gasteiger partial charge is 0.319 e. The summed E-state index contributed by atoms with van der Waals surface area (Å²) in [6, 6.07) is 15.4. The van der Waals surface area contributed by atoms with Crippen molar-refractivity contribution in [3.63, 3.8) is 0 Å². The molecule has 0 aliphatic heterocycles. The Morgan fingerprint density at radius 3 is 2.48 bits per heavy atom. The summed E-state index contributed by atoms with van der Waals surface area (Å²) in [4.78, 5) is 12.0. The molecule has 0 radical (unpaired) electrons. The zero-order valence-electron chi connectivity index (χ0n) is 14.1. The van der Waals surface area contributed by atoms with Gasteiger partial charge in [-0.25, -0.2) is 13.9 Å². The van der Waals surface area contributed by atoms with Crippen molar-refractivity contribution in [1.29, 1.82) is 0 Å². The van der Waals surface area contributed by atoms with Gasteiger partial charge >= 0.3 is 6.03 Å². The summed E-state index contributed by atoms with van der Waals surface area (Å²) in [6.07, 6.45) is 0. The highest BCUT2D eigenvalue weighted by Gasteiger charge is 2.14. The molecule has 0 saturated carbocycles. The lowest BCUT2D eigenvalue weighted by molar-refractivity contribution is 0.251. The molecule has 5 nitrogen and oxygen atoms in total. The Kier molecular flexibility index (Phi) is 4.79. The van der Waals surface area contributed by atoms with Crippen molar-refractivity contribution in [1.82, 2.24) is 15.1 Å². The Balaban J connectivity index is 1.70. The van der Waals surface area contributed by atoms with E-state index in [1.807, 2.05) is 48.9 Å². The van der Waals surface area contributed by atoms with Gasteiger partial charge in [-0.1, -0.05) is 30.3 Å². The van der Waals surface area contributed by atoms with E-state index >= 15 is 0 Å². The molecule has 0 saturated heterocycles. The van der Waals surface area contributed by atoms with E-state index in [0.717, 1.165) is 22.6 Å². The predicted octanol–water partition coefficient (Wildman–Crippen LogP) is 3.95. The van der Waals surface area contributed by atoms with Gasteiger partial charge in [0.2, 0.25) is 0 Å². The molecular weight excluding hydrogens is 319 g/mol. The van der Waals surface area contributed by atoms with Crippen LogP contribution in [-0.2, 0) is 6.54 Å². The van der Waals surface area contributed by atoms with Crippen molar-refractivity contribution in [2.75, 3.05) is 5.32 Å². The molecule has 128 valence electrons. The summed E-state index contributed by atoms with van der Waals surface area (Å²) in [5.74, 6) is -0.470. The lowest BCUT2D eigenvalue weighted by atomic mass is 10.2. The highest BCUT2D eigenvalue weighted by atomic mass is 19.1. The number of amides is 2. The van der Waals surface area contributed by atoms with E-state index in [-0.39, 0.29) is 5.69 Å². The topological polar surface area (TPSA) is 59.0 Å². The first-order chi connectivity index (χ1) is 12.1. The van der Waals surface area contributed by atoms with Gasteiger partial charge in [-0.05, 0) is 38.1 Å². The van der Waals surface area contributed by atoms with Crippen molar-refractivity contribution < 1.29 is 9.18 Å². The third-order valence-electron chi connectivity index (χ3n) is 3.99. The molecule has 0 fully saturated rings. The monoisotopic (exact) mass is 338 g/mol. The van der Waals surface area contributed by atoms with Crippen LogP contribution in [0.3, 0.4) is 0 Å². The van der Waals surface area contributed by atoms with Gasteiger partial charge in [0.1, 0.15) is 5.82 Å². The van der Waals surface area contributed by atoms with Gasteiger partial charge in [-0.3, -0.25) is 0 Å². The number of carbonyl (C=O) groups is 1. The molecule has 1 heterocycles. The molecule has 0 unspecified atom stereocenters. The van der Waals surface area contributed by atoms with Gasteiger partial charge in [-0.2, -0.15) is 5.10 Å². The van der Waals surface area contributed by atoms with Crippen molar-refractivity contribution in [3.8, 4) is 5.69 Å². The maximum Gasteiger partial charge on any atom is 0.319 e. The van der Waals surface area contributed by atoms with E-state index in [0.29, 0.717) is 6.54 Å². The molecule has 2 amide bonds. The largest absolute Gasteiger partial charge is 0.334 e. The molecule has 0 aliphatic carbocycles. The van der Waals surface area contributed by atoms with E-state index in [1.165, 1.54) is 12.1 Å². The van der Waals surface area contributed by atoms with Gasteiger partial charge in [0.15, 0.2) is 0 Å². The molecule has 2 aromatic carbocycles. The number of hydrogen-bond donors (Lipinski definition) is 2. The average molecular weight is 338 g/mol. The number of aromatic nitrogens is 2. The molecule has 25 heavy (non-hydrogen) atoms. The fourth-order valence-electron chi connectivity index (χ4n) is 2.65. The van der Waals surface area contributed by atoms with Crippen LogP contribution >= 0.6 is 0 Å². The summed E-state index contributed by atoms with van der Waals surface area (Å²) in [7, 11) is 0. The van der Waals surface area contributed by atoms with Crippen LogP contribution in [0.25, 0.3) is 5.69 Å². The molecule has 0 aliphatic rings. The molecule has 0 spiro atoms. The number of benzene rings is 2. The number of hydrogen-bond acceptors (Lipinski definition) is 2. The first kappa shape index (κ1) is 16.7. The minimum absolute atomic E-state index is 0.147. The van der Waals surface area contributed by atoms with E-state index in [2.05, 4.69) is 15.7 Å². The molecule has 6 heteroatoms. The van der Waals surface area contributed by atoms with Crippen molar-refractivity contribution in [2.24, 2.45) is 0 Å². The van der Waals surface area contributed by atoms with Crippen molar-refractivity contribution in [2.45, 2.75) is 20.4 Å². The van der Waals surface area contributed by atoms with Crippen LogP contribution in [0.4, 0.5) is 14.9 Å².